The van der Waals surface area contributed by atoms with E-state index in [0.717, 1.165) is 18.8 Å². The van der Waals surface area contributed by atoms with Crippen LogP contribution in [0, 0.1) is 22.7 Å². The average molecular weight is 224 g/mol. The molecular weight excluding hydrogens is 196 g/mol. The first-order valence-electron chi connectivity index (χ1n) is 6.66. The van der Waals surface area contributed by atoms with E-state index in [2.05, 4.69) is 20.8 Å². The van der Waals surface area contributed by atoms with E-state index >= 15 is 0 Å². The third-order valence-corrected chi connectivity index (χ3v) is 4.06. The Hall–Kier alpha value is -0.330. The fourth-order valence-electron chi connectivity index (χ4n) is 2.83. The molecule has 1 fully saturated rings. The second-order valence-electron chi connectivity index (χ2n) is 7.53. The van der Waals surface area contributed by atoms with E-state index in [4.69, 9.17) is 0 Å². The molecule has 1 aliphatic rings. The molecule has 0 aliphatic heterocycles. The minimum absolute atomic E-state index is 0.154. The highest BCUT2D eigenvalue weighted by Gasteiger charge is 2.35. The molecule has 1 heteroatoms. The maximum Gasteiger partial charge on any atom is 0.141 e. The zero-order valence-electron chi connectivity index (χ0n) is 11.9. The van der Waals surface area contributed by atoms with Crippen LogP contribution in [0.5, 0.6) is 0 Å². The van der Waals surface area contributed by atoms with E-state index in [1.807, 2.05) is 20.8 Å². The summed E-state index contributed by atoms with van der Waals surface area (Å²) in [6.07, 6.45) is 4.68. The lowest BCUT2D eigenvalue weighted by atomic mass is 9.67. The standard InChI is InChI=1S/C15H28O/c1-14(2,3)12-9-7-11(8-10-12)13(16)15(4,5)6/h11-12H,7-10H2,1-6H3. The van der Waals surface area contributed by atoms with Gasteiger partial charge in [0.05, 0.1) is 0 Å². The Labute approximate surface area is 101 Å². The molecule has 1 saturated carbocycles. The monoisotopic (exact) mass is 224 g/mol. The van der Waals surface area contributed by atoms with Crippen LogP contribution < -0.4 is 0 Å². The molecule has 16 heavy (non-hydrogen) atoms. The summed E-state index contributed by atoms with van der Waals surface area (Å²) in [6, 6.07) is 0. The van der Waals surface area contributed by atoms with Crippen LogP contribution in [0.2, 0.25) is 0 Å². The predicted octanol–water partition coefficient (Wildman–Crippen LogP) is 4.45. The summed E-state index contributed by atoms with van der Waals surface area (Å²) in [7, 11) is 0. The third-order valence-electron chi connectivity index (χ3n) is 4.06. The molecule has 1 rings (SSSR count). The van der Waals surface area contributed by atoms with Gasteiger partial charge in [0, 0.05) is 11.3 Å². The molecule has 0 unspecified atom stereocenters. The van der Waals surface area contributed by atoms with Crippen molar-refractivity contribution in [3.05, 3.63) is 0 Å². The van der Waals surface area contributed by atoms with E-state index in [0.29, 0.717) is 17.1 Å². The molecule has 0 spiro atoms. The predicted molar refractivity (Wildman–Crippen MR) is 69.4 cm³/mol. The highest BCUT2D eigenvalue weighted by molar-refractivity contribution is 5.85. The van der Waals surface area contributed by atoms with Crippen LogP contribution in [0.15, 0.2) is 0 Å². The van der Waals surface area contributed by atoms with Gasteiger partial charge in [-0.3, -0.25) is 4.79 Å². The van der Waals surface area contributed by atoms with Gasteiger partial charge in [-0.25, -0.2) is 0 Å². The molecule has 0 bridgehead atoms. The van der Waals surface area contributed by atoms with E-state index < -0.39 is 0 Å². The molecule has 0 aromatic heterocycles. The Balaban J connectivity index is 2.53. The number of hydrogen-bond donors (Lipinski definition) is 0. The zero-order chi connectivity index (χ0) is 12.6. The summed E-state index contributed by atoms with van der Waals surface area (Å²) in [4.78, 5) is 12.2. The van der Waals surface area contributed by atoms with Crippen molar-refractivity contribution in [3.63, 3.8) is 0 Å². The van der Waals surface area contributed by atoms with Crippen LogP contribution in [0.3, 0.4) is 0 Å². The van der Waals surface area contributed by atoms with Crippen molar-refractivity contribution in [2.75, 3.05) is 0 Å². The largest absolute Gasteiger partial charge is 0.299 e. The highest BCUT2D eigenvalue weighted by atomic mass is 16.1. The summed E-state index contributed by atoms with van der Waals surface area (Å²) >= 11 is 0. The quantitative estimate of drug-likeness (QED) is 0.643. The Morgan fingerprint density at radius 1 is 0.875 bits per heavy atom. The van der Waals surface area contributed by atoms with Crippen molar-refractivity contribution in [3.8, 4) is 0 Å². The van der Waals surface area contributed by atoms with Crippen LogP contribution in [-0.2, 0) is 4.79 Å². The molecule has 1 nitrogen and oxygen atoms in total. The summed E-state index contributed by atoms with van der Waals surface area (Å²) < 4.78 is 0. The van der Waals surface area contributed by atoms with E-state index in [-0.39, 0.29) is 5.41 Å². The lowest BCUT2D eigenvalue weighted by Crippen LogP contribution is -2.33. The Bertz CT molecular complexity index is 244. The number of carbonyl (C=O) groups excluding carboxylic acids is 1. The Kier molecular flexibility index (Phi) is 3.87. The first-order chi connectivity index (χ1) is 7.12. The van der Waals surface area contributed by atoms with E-state index in [1.165, 1.54) is 12.8 Å². The molecular formula is C15H28O. The van der Waals surface area contributed by atoms with Gasteiger partial charge in [-0.15, -0.1) is 0 Å². The molecule has 0 heterocycles. The first kappa shape index (κ1) is 13.7. The highest BCUT2D eigenvalue weighted by Crippen LogP contribution is 2.41. The van der Waals surface area contributed by atoms with Crippen LogP contribution in [0.4, 0.5) is 0 Å². The summed E-state index contributed by atoms with van der Waals surface area (Å²) in [6.45, 7) is 13.1. The third kappa shape index (κ3) is 3.33. The minimum Gasteiger partial charge on any atom is -0.299 e. The number of carbonyl (C=O) groups is 1. The molecule has 0 aromatic rings. The number of hydrogen-bond acceptors (Lipinski definition) is 1. The fourth-order valence-corrected chi connectivity index (χ4v) is 2.83. The second-order valence-corrected chi connectivity index (χ2v) is 7.53. The van der Waals surface area contributed by atoms with Gasteiger partial charge < -0.3 is 0 Å². The number of Topliss-reactive ketones (excluding diaryl/α,β-unsaturated/α-hetero) is 1. The average Bonchev–Trinajstić information content (AvgIpc) is 2.14. The molecule has 94 valence electrons. The lowest BCUT2D eigenvalue weighted by molar-refractivity contribution is -0.132. The Morgan fingerprint density at radius 3 is 1.62 bits per heavy atom. The van der Waals surface area contributed by atoms with Gasteiger partial charge in [0.2, 0.25) is 0 Å². The Morgan fingerprint density at radius 2 is 1.31 bits per heavy atom. The molecule has 1 aliphatic carbocycles. The SMILES string of the molecule is CC(C)(C)C(=O)C1CCC(C(C)(C)C)CC1. The van der Waals surface area contributed by atoms with Gasteiger partial charge in [-0.2, -0.15) is 0 Å². The topological polar surface area (TPSA) is 17.1 Å². The van der Waals surface area contributed by atoms with Gasteiger partial charge >= 0.3 is 0 Å². The van der Waals surface area contributed by atoms with Crippen LogP contribution >= 0.6 is 0 Å². The summed E-state index contributed by atoms with van der Waals surface area (Å²) in [5, 5.41) is 0. The van der Waals surface area contributed by atoms with Crippen LogP contribution in [0.25, 0.3) is 0 Å². The molecule has 0 N–H and O–H groups in total. The van der Waals surface area contributed by atoms with Crippen molar-refractivity contribution in [2.45, 2.75) is 67.2 Å². The molecule has 0 amide bonds. The molecule has 0 atom stereocenters. The fraction of sp³-hybridized carbons (Fsp3) is 0.933. The van der Waals surface area contributed by atoms with Crippen LogP contribution in [-0.4, -0.2) is 5.78 Å². The van der Waals surface area contributed by atoms with Crippen molar-refractivity contribution in [1.29, 1.82) is 0 Å². The zero-order valence-corrected chi connectivity index (χ0v) is 11.9. The van der Waals surface area contributed by atoms with Gasteiger partial charge in [-0.05, 0) is 37.0 Å². The van der Waals surface area contributed by atoms with Crippen molar-refractivity contribution in [1.82, 2.24) is 0 Å². The van der Waals surface area contributed by atoms with Crippen molar-refractivity contribution >= 4 is 5.78 Å². The van der Waals surface area contributed by atoms with Crippen molar-refractivity contribution in [2.24, 2.45) is 22.7 Å². The van der Waals surface area contributed by atoms with E-state index in [1.54, 1.807) is 0 Å². The van der Waals surface area contributed by atoms with Gasteiger partial charge in [0.15, 0.2) is 0 Å². The maximum atomic E-state index is 12.2. The number of ketones is 1. The smallest absolute Gasteiger partial charge is 0.141 e. The summed E-state index contributed by atoms with van der Waals surface area (Å²) in [5.41, 5.74) is 0.259. The normalized spacial score (nSPS) is 27.9. The van der Waals surface area contributed by atoms with Gasteiger partial charge in [0.25, 0.3) is 0 Å². The molecule has 0 saturated heterocycles. The van der Waals surface area contributed by atoms with E-state index in [9.17, 15) is 4.79 Å². The summed E-state index contributed by atoms with van der Waals surface area (Å²) in [5.74, 6) is 1.61. The van der Waals surface area contributed by atoms with Gasteiger partial charge in [-0.1, -0.05) is 41.5 Å². The lowest BCUT2D eigenvalue weighted by Gasteiger charge is -2.38. The maximum absolute atomic E-state index is 12.2. The molecule has 0 aromatic carbocycles. The minimum atomic E-state index is -0.154. The van der Waals surface area contributed by atoms with Crippen molar-refractivity contribution < 1.29 is 4.79 Å². The van der Waals surface area contributed by atoms with Gasteiger partial charge in [0.1, 0.15) is 5.78 Å². The second kappa shape index (κ2) is 4.50. The molecule has 0 radical (unpaired) electrons. The van der Waals surface area contributed by atoms with Crippen LogP contribution in [0.1, 0.15) is 67.2 Å². The first-order valence-corrected chi connectivity index (χ1v) is 6.66. The number of rotatable bonds is 1.